The Hall–Kier alpha value is -2.13. The van der Waals surface area contributed by atoms with E-state index in [0.717, 1.165) is 12.1 Å². The van der Waals surface area contributed by atoms with Gasteiger partial charge in [-0.2, -0.15) is 4.98 Å². The first-order valence-electron chi connectivity index (χ1n) is 9.02. The van der Waals surface area contributed by atoms with E-state index in [4.69, 9.17) is 21.1 Å². The van der Waals surface area contributed by atoms with Gasteiger partial charge in [-0.3, -0.25) is 4.68 Å². The topological polar surface area (TPSA) is 86.1 Å². The molecule has 0 spiro atoms. The summed E-state index contributed by atoms with van der Waals surface area (Å²) < 4.78 is 27.2. The minimum absolute atomic E-state index is 0.0791. The van der Waals surface area contributed by atoms with Crippen LogP contribution in [0, 0.1) is 6.92 Å². The molecule has 1 fully saturated rings. The molecule has 27 heavy (non-hydrogen) atoms. The van der Waals surface area contributed by atoms with Gasteiger partial charge in [-0.15, -0.1) is 5.10 Å². The van der Waals surface area contributed by atoms with E-state index < -0.39 is 6.17 Å². The lowest BCUT2D eigenvalue weighted by Crippen LogP contribution is -2.32. The minimum atomic E-state index is -1.11. The fourth-order valence-corrected chi connectivity index (χ4v) is 3.45. The second-order valence-corrected chi connectivity index (χ2v) is 7.26. The van der Waals surface area contributed by atoms with Crippen LogP contribution in [-0.2, 0) is 4.74 Å². The van der Waals surface area contributed by atoms with E-state index in [1.54, 1.807) is 10.9 Å². The van der Waals surface area contributed by atoms with Gasteiger partial charge < -0.3 is 20.1 Å². The van der Waals surface area contributed by atoms with Crippen molar-refractivity contribution in [1.29, 1.82) is 0 Å². The van der Waals surface area contributed by atoms with Gasteiger partial charge in [0.05, 0.1) is 31.1 Å². The van der Waals surface area contributed by atoms with Gasteiger partial charge >= 0.3 is 0 Å². The molecule has 0 amide bonds. The largest absolute Gasteiger partial charge is 0.475 e. The zero-order valence-electron chi connectivity index (χ0n) is 15.2. The van der Waals surface area contributed by atoms with E-state index in [1.165, 1.54) is 0 Å². The highest BCUT2D eigenvalue weighted by molar-refractivity contribution is 6.32. The second kappa shape index (κ2) is 7.47. The summed E-state index contributed by atoms with van der Waals surface area (Å²) >= 11 is 6.19. The number of ether oxygens (including phenoxy) is 2. The molecule has 4 heterocycles. The van der Waals surface area contributed by atoms with Crippen LogP contribution in [0.25, 0.3) is 0 Å². The number of hydrogen-bond donors (Lipinski definition) is 2. The van der Waals surface area contributed by atoms with Crippen molar-refractivity contribution in [3.8, 4) is 5.88 Å². The Morgan fingerprint density at radius 3 is 3.00 bits per heavy atom. The quantitative estimate of drug-likeness (QED) is 0.765. The highest BCUT2D eigenvalue weighted by Gasteiger charge is 2.31. The van der Waals surface area contributed by atoms with Crippen LogP contribution in [0.4, 0.5) is 21.8 Å². The summed E-state index contributed by atoms with van der Waals surface area (Å²) in [6.45, 7) is 4.94. The lowest BCUT2D eigenvalue weighted by Gasteiger charge is -2.27. The number of rotatable bonds is 1. The molecule has 3 atom stereocenters. The second-order valence-electron chi connectivity index (χ2n) is 6.85. The fourth-order valence-electron chi connectivity index (χ4n) is 3.31. The van der Waals surface area contributed by atoms with Gasteiger partial charge in [-0.25, -0.2) is 9.37 Å². The van der Waals surface area contributed by atoms with Crippen LogP contribution < -0.4 is 15.4 Å². The number of halogens is 2. The Morgan fingerprint density at radius 2 is 2.19 bits per heavy atom. The molecule has 2 aliphatic heterocycles. The third-order valence-electron chi connectivity index (χ3n) is 4.84. The molecule has 0 aromatic carbocycles. The molecule has 10 heteroatoms. The van der Waals surface area contributed by atoms with Crippen LogP contribution >= 0.6 is 11.6 Å². The predicted molar refractivity (Wildman–Crippen MR) is 99.9 cm³/mol. The molecule has 2 unspecified atom stereocenters. The van der Waals surface area contributed by atoms with Crippen molar-refractivity contribution in [2.75, 3.05) is 30.5 Å². The van der Waals surface area contributed by atoms with Crippen molar-refractivity contribution >= 4 is 29.1 Å². The number of anilines is 3. The lowest BCUT2D eigenvalue weighted by molar-refractivity contribution is -0.000994. The fraction of sp³-hybridized carbons (Fsp3) is 0.588. The van der Waals surface area contributed by atoms with Gasteiger partial charge in [0.25, 0.3) is 5.88 Å². The van der Waals surface area contributed by atoms with E-state index in [0.29, 0.717) is 48.0 Å². The van der Waals surface area contributed by atoms with Crippen molar-refractivity contribution in [3.05, 3.63) is 16.9 Å². The molecule has 2 bridgehead atoms. The standard InChI is InChI=1S/C17H22ClFN6O2/c1-9-3-6-27-16-14(22-17-20-7-11(18)15(21-9)23-17)10(2)25(24-16)13-4-5-26-8-12(13)19/h7,9,12-13H,3-6,8H2,1-2H3,(H2,20,21,22,23)/t9-,12?,13?/m1/s1. The van der Waals surface area contributed by atoms with Crippen LogP contribution in [0.1, 0.15) is 31.5 Å². The van der Waals surface area contributed by atoms with Crippen LogP contribution in [0.2, 0.25) is 5.02 Å². The Balaban J connectivity index is 1.73. The van der Waals surface area contributed by atoms with Gasteiger partial charge in [0.15, 0.2) is 5.82 Å². The van der Waals surface area contributed by atoms with E-state index >= 15 is 0 Å². The molecule has 4 rings (SSSR count). The molecule has 0 saturated carbocycles. The van der Waals surface area contributed by atoms with Gasteiger partial charge in [0.1, 0.15) is 16.9 Å². The maximum absolute atomic E-state index is 14.4. The molecule has 2 aromatic rings. The maximum atomic E-state index is 14.4. The Bertz CT molecular complexity index is 832. The first-order chi connectivity index (χ1) is 13.0. The van der Waals surface area contributed by atoms with Crippen molar-refractivity contribution in [2.45, 2.75) is 44.9 Å². The Morgan fingerprint density at radius 1 is 1.33 bits per heavy atom. The molecule has 1 saturated heterocycles. The number of hydrogen-bond acceptors (Lipinski definition) is 7. The van der Waals surface area contributed by atoms with Crippen LogP contribution in [0.5, 0.6) is 5.88 Å². The van der Waals surface area contributed by atoms with Gasteiger partial charge in [0, 0.05) is 19.1 Å². The molecule has 146 valence electrons. The number of aromatic nitrogens is 4. The van der Waals surface area contributed by atoms with Crippen molar-refractivity contribution in [3.63, 3.8) is 0 Å². The van der Waals surface area contributed by atoms with Crippen LogP contribution in [-0.4, -0.2) is 51.8 Å². The Labute approximate surface area is 161 Å². The first-order valence-corrected chi connectivity index (χ1v) is 9.40. The number of nitrogens with one attached hydrogen (secondary N) is 2. The van der Waals surface area contributed by atoms with E-state index in [1.807, 2.05) is 13.8 Å². The molecule has 2 N–H and O–H groups in total. The summed E-state index contributed by atoms with van der Waals surface area (Å²) in [4.78, 5) is 8.68. The van der Waals surface area contributed by atoms with Crippen molar-refractivity contribution in [2.24, 2.45) is 0 Å². The number of nitrogens with zero attached hydrogens (tertiary/aromatic N) is 4. The predicted octanol–water partition coefficient (Wildman–Crippen LogP) is 3.26. The molecular formula is C17H22ClFN6O2. The molecule has 0 aliphatic carbocycles. The van der Waals surface area contributed by atoms with Gasteiger partial charge in [-0.1, -0.05) is 11.6 Å². The Kier molecular flexibility index (Phi) is 5.05. The van der Waals surface area contributed by atoms with Gasteiger partial charge in [0.2, 0.25) is 5.95 Å². The highest BCUT2D eigenvalue weighted by Crippen LogP contribution is 2.35. The molecule has 2 aliphatic rings. The summed E-state index contributed by atoms with van der Waals surface area (Å²) in [6.07, 6.45) is 1.72. The zero-order chi connectivity index (χ0) is 19.0. The highest BCUT2D eigenvalue weighted by atomic mass is 35.5. The van der Waals surface area contributed by atoms with Crippen LogP contribution in [0.3, 0.4) is 0 Å². The van der Waals surface area contributed by atoms with Gasteiger partial charge in [-0.05, 0) is 20.3 Å². The van der Waals surface area contributed by atoms with E-state index in [-0.39, 0.29) is 18.7 Å². The van der Waals surface area contributed by atoms with Crippen molar-refractivity contribution in [1.82, 2.24) is 19.7 Å². The maximum Gasteiger partial charge on any atom is 0.257 e. The summed E-state index contributed by atoms with van der Waals surface area (Å²) in [5, 5.41) is 11.4. The van der Waals surface area contributed by atoms with Crippen LogP contribution in [0.15, 0.2) is 6.20 Å². The summed E-state index contributed by atoms with van der Waals surface area (Å²) in [5.41, 5.74) is 1.40. The van der Waals surface area contributed by atoms with Crippen molar-refractivity contribution < 1.29 is 13.9 Å². The monoisotopic (exact) mass is 396 g/mol. The first kappa shape index (κ1) is 18.2. The summed E-state index contributed by atoms with van der Waals surface area (Å²) in [5.74, 6) is 1.34. The SMILES string of the molecule is Cc1c2c(nn1C1CCOCC1F)OCC[C@@H](C)Nc1nc(ncc1Cl)N2. The molecule has 0 radical (unpaired) electrons. The normalized spacial score (nSPS) is 25.4. The smallest absolute Gasteiger partial charge is 0.257 e. The third kappa shape index (κ3) is 3.66. The third-order valence-corrected chi connectivity index (χ3v) is 5.11. The zero-order valence-corrected chi connectivity index (χ0v) is 16.0. The lowest BCUT2D eigenvalue weighted by atomic mass is 10.1. The van der Waals surface area contributed by atoms with E-state index in [9.17, 15) is 4.39 Å². The molecule has 8 nitrogen and oxygen atoms in total. The number of fused-ring (bicyclic) bond motifs is 3. The minimum Gasteiger partial charge on any atom is -0.475 e. The molecule has 2 aromatic heterocycles. The molecular weight excluding hydrogens is 375 g/mol. The summed E-state index contributed by atoms with van der Waals surface area (Å²) in [7, 11) is 0. The average molecular weight is 397 g/mol. The van der Waals surface area contributed by atoms with E-state index in [2.05, 4.69) is 25.7 Å². The summed E-state index contributed by atoms with van der Waals surface area (Å²) in [6, 6.07) is -0.285. The number of alkyl halides is 1. The average Bonchev–Trinajstić information content (AvgIpc) is 2.93.